The Bertz CT molecular complexity index is 399. The van der Waals surface area contributed by atoms with Crippen LogP contribution in [0.4, 0.5) is 5.69 Å². The van der Waals surface area contributed by atoms with Gasteiger partial charge in [0.2, 0.25) is 0 Å². The first-order valence-corrected chi connectivity index (χ1v) is 7.12. The lowest BCUT2D eigenvalue weighted by Crippen LogP contribution is -2.38. The molecule has 3 nitrogen and oxygen atoms in total. The van der Waals surface area contributed by atoms with Crippen LogP contribution in [0, 0.1) is 12.8 Å². The predicted octanol–water partition coefficient (Wildman–Crippen LogP) is 3.77. The van der Waals surface area contributed by atoms with Gasteiger partial charge in [0.15, 0.2) is 0 Å². The third-order valence-corrected chi connectivity index (χ3v) is 3.52. The molecule has 1 aromatic carbocycles. The molecule has 106 valence electrons. The highest BCUT2D eigenvalue weighted by molar-refractivity contribution is 5.80. The minimum Gasteiger partial charge on any atom is -0.464 e. The number of carbonyl (C=O) groups excluding carboxylic acids is 1. The number of aryl methyl sites for hydroxylation is 1. The fraction of sp³-hybridized carbons (Fsp3) is 0.562. The molecule has 1 unspecified atom stereocenters. The van der Waals surface area contributed by atoms with Crippen molar-refractivity contribution in [2.75, 3.05) is 11.9 Å². The van der Waals surface area contributed by atoms with E-state index in [1.807, 2.05) is 38.1 Å². The molecular formula is C16H25NO2. The van der Waals surface area contributed by atoms with Gasteiger partial charge in [-0.3, -0.25) is 0 Å². The second-order valence-corrected chi connectivity index (χ2v) is 4.77. The lowest BCUT2D eigenvalue weighted by molar-refractivity contribution is -0.145. The number of rotatable bonds is 7. The Balaban J connectivity index is 2.91. The largest absolute Gasteiger partial charge is 0.464 e. The highest BCUT2D eigenvalue weighted by Gasteiger charge is 2.27. The number of carbonyl (C=O) groups is 1. The van der Waals surface area contributed by atoms with Gasteiger partial charge in [0, 0.05) is 5.69 Å². The van der Waals surface area contributed by atoms with Crippen molar-refractivity contribution >= 4 is 11.7 Å². The van der Waals surface area contributed by atoms with Crippen LogP contribution in [0.1, 0.15) is 39.2 Å². The zero-order valence-corrected chi connectivity index (χ0v) is 12.4. The fourth-order valence-corrected chi connectivity index (χ4v) is 2.26. The number of anilines is 1. The van der Waals surface area contributed by atoms with Gasteiger partial charge in [-0.25, -0.2) is 4.79 Å². The average Bonchev–Trinajstić information content (AvgIpc) is 2.41. The van der Waals surface area contributed by atoms with Crippen molar-refractivity contribution in [3.63, 3.8) is 0 Å². The highest BCUT2D eigenvalue weighted by atomic mass is 16.5. The van der Waals surface area contributed by atoms with Crippen LogP contribution in [0.5, 0.6) is 0 Å². The Kier molecular flexibility index (Phi) is 6.40. The predicted molar refractivity (Wildman–Crippen MR) is 79.3 cm³/mol. The third-order valence-electron chi connectivity index (χ3n) is 3.52. The normalized spacial score (nSPS) is 12.3. The SMILES string of the molecule is CCOC(=O)C(Nc1ccccc1C)C(CC)CC. The van der Waals surface area contributed by atoms with Crippen LogP contribution in [-0.4, -0.2) is 18.6 Å². The van der Waals surface area contributed by atoms with Gasteiger partial charge in [-0.1, -0.05) is 44.9 Å². The molecule has 0 saturated heterocycles. The van der Waals surface area contributed by atoms with Crippen molar-refractivity contribution in [2.45, 2.75) is 46.6 Å². The smallest absolute Gasteiger partial charge is 0.328 e. The summed E-state index contributed by atoms with van der Waals surface area (Å²) in [6, 6.07) is 7.75. The first-order valence-electron chi connectivity index (χ1n) is 7.12. The molecule has 1 aromatic rings. The summed E-state index contributed by atoms with van der Waals surface area (Å²) in [6.45, 7) is 8.53. The van der Waals surface area contributed by atoms with Crippen molar-refractivity contribution in [3.05, 3.63) is 29.8 Å². The number of hydrogen-bond donors (Lipinski definition) is 1. The van der Waals surface area contributed by atoms with Crippen LogP contribution < -0.4 is 5.32 Å². The second kappa shape index (κ2) is 7.82. The molecule has 0 radical (unpaired) electrons. The van der Waals surface area contributed by atoms with E-state index in [1.165, 1.54) is 0 Å². The highest BCUT2D eigenvalue weighted by Crippen LogP contribution is 2.21. The van der Waals surface area contributed by atoms with Gasteiger partial charge in [-0.2, -0.15) is 0 Å². The zero-order chi connectivity index (χ0) is 14.3. The number of nitrogens with one attached hydrogen (secondary N) is 1. The Hall–Kier alpha value is -1.51. The molecule has 0 bridgehead atoms. The second-order valence-electron chi connectivity index (χ2n) is 4.77. The number of benzene rings is 1. The summed E-state index contributed by atoms with van der Waals surface area (Å²) < 4.78 is 5.20. The molecular weight excluding hydrogens is 238 g/mol. The number of para-hydroxylation sites is 1. The third kappa shape index (κ3) is 4.27. The van der Waals surface area contributed by atoms with E-state index in [2.05, 4.69) is 19.2 Å². The van der Waals surface area contributed by atoms with Crippen LogP contribution in [-0.2, 0) is 9.53 Å². The lowest BCUT2D eigenvalue weighted by Gasteiger charge is -2.26. The molecule has 0 aliphatic heterocycles. The number of ether oxygens (including phenoxy) is 1. The zero-order valence-electron chi connectivity index (χ0n) is 12.4. The summed E-state index contributed by atoms with van der Waals surface area (Å²) in [6.07, 6.45) is 1.91. The number of esters is 1. The molecule has 1 rings (SSSR count). The Morgan fingerprint density at radius 1 is 1.21 bits per heavy atom. The summed E-state index contributed by atoms with van der Waals surface area (Å²) in [5.74, 6) is 0.137. The van der Waals surface area contributed by atoms with Gasteiger partial charge in [0.1, 0.15) is 6.04 Å². The van der Waals surface area contributed by atoms with Crippen LogP contribution in [0.25, 0.3) is 0 Å². The van der Waals surface area contributed by atoms with E-state index in [0.29, 0.717) is 12.5 Å². The first kappa shape index (κ1) is 15.5. The topological polar surface area (TPSA) is 38.3 Å². The van der Waals surface area contributed by atoms with E-state index in [-0.39, 0.29) is 12.0 Å². The van der Waals surface area contributed by atoms with Crippen LogP contribution in [0.15, 0.2) is 24.3 Å². The van der Waals surface area contributed by atoms with Gasteiger partial charge in [-0.05, 0) is 31.4 Å². The van der Waals surface area contributed by atoms with E-state index < -0.39 is 0 Å². The molecule has 0 aromatic heterocycles. The molecule has 19 heavy (non-hydrogen) atoms. The summed E-state index contributed by atoms with van der Waals surface area (Å²) in [5.41, 5.74) is 2.15. The van der Waals surface area contributed by atoms with Crippen LogP contribution in [0.3, 0.4) is 0 Å². The summed E-state index contributed by atoms with van der Waals surface area (Å²) >= 11 is 0. The maximum atomic E-state index is 12.1. The monoisotopic (exact) mass is 263 g/mol. The van der Waals surface area contributed by atoms with Gasteiger partial charge in [0.05, 0.1) is 6.61 Å². The summed E-state index contributed by atoms with van der Waals surface area (Å²) in [4.78, 5) is 12.1. The molecule has 1 atom stereocenters. The summed E-state index contributed by atoms with van der Waals surface area (Å²) in [5, 5.41) is 3.36. The molecule has 3 heteroatoms. The van der Waals surface area contributed by atoms with E-state index in [9.17, 15) is 4.79 Å². The van der Waals surface area contributed by atoms with E-state index >= 15 is 0 Å². The molecule has 0 aliphatic rings. The van der Waals surface area contributed by atoms with E-state index in [4.69, 9.17) is 4.74 Å². The van der Waals surface area contributed by atoms with Crippen LogP contribution in [0.2, 0.25) is 0 Å². The molecule has 0 amide bonds. The van der Waals surface area contributed by atoms with Gasteiger partial charge >= 0.3 is 5.97 Å². The molecule has 0 heterocycles. The molecule has 0 saturated carbocycles. The van der Waals surface area contributed by atoms with Crippen LogP contribution >= 0.6 is 0 Å². The number of hydrogen-bond acceptors (Lipinski definition) is 3. The quantitative estimate of drug-likeness (QED) is 0.761. The molecule has 1 N–H and O–H groups in total. The maximum Gasteiger partial charge on any atom is 0.328 e. The molecule has 0 aliphatic carbocycles. The summed E-state index contributed by atoms with van der Waals surface area (Å²) in [7, 11) is 0. The van der Waals surface area contributed by atoms with Crippen molar-refractivity contribution < 1.29 is 9.53 Å². The minimum atomic E-state index is -0.268. The molecule has 0 fully saturated rings. The minimum absolute atomic E-state index is 0.153. The van der Waals surface area contributed by atoms with Crippen molar-refractivity contribution in [1.29, 1.82) is 0 Å². The van der Waals surface area contributed by atoms with Crippen molar-refractivity contribution in [1.82, 2.24) is 0 Å². The average molecular weight is 263 g/mol. The van der Waals surface area contributed by atoms with E-state index in [1.54, 1.807) is 0 Å². The van der Waals surface area contributed by atoms with Crippen molar-refractivity contribution in [3.8, 4) is 0 Å². The Morgan fingerprint density at radius 2 is 1.84 bits per heavy atom. The van der Waals surface area contributed by atoms with E-state index in [0.717, 1.165) is 24.1 Å². The first-order chi connectivity index (χ1) is 9.13. The standard InChI is InChI=1S/C16H25NO2/c1-5-13(6-2)15(16(18)19-7-3)17-14-11-9-8-10-12(14)4/h8-11,13,15,17H,5-7H2,1-4H3. The van der Waals surface area contributed by atoms with Gasteiger partial charge in [0.25, 0.3) is 0 Å². The maximum absolute atomic E-state index is 12.1. The van der Waals surface area contributed by atoms with Gasteiger partial charge < -0.3 is 10.1 Å². The van der Waals surface area contributed by atoms with Gasteiger partial charge in [-0.15, -0.1) is 0 Å². The lowest BCUT2D eigenvalue weighted by atomic mass is 9.93. The fourth-order valence-electron chi connectivity index (χ4n) is 2.26. The van der Waals surface area contributed by atoms with Crippen molar-refractivity contribution in [2.24, 2.45) is 5.92 Å². The Morgan fingerprint density at radius 3 is 2.37 bits per heavy atom. The molecule has 0 spiro atoms. The Labute approximate surface area is 116 Å².